The quantitative estimate of drug-likeness (QED) is 0.281. The Morgan fingerprint density at radius 2 is 1.00 bits per heavy atom. The molecular weight excluding hydrogens is 374 g/mol. The van der Waals surface area contributed by atoms with Crippen LogP contribution >= 0.6 is 0 Å². The minimum Gasteiger partial charge on any atom is -0.770 e. The van der Waals surface area contributed by atoms with Gasteiger partial charge in [0.05, 0.1) is 0 Å². The van der Waals surface area contributed by atoms with Crippen LogP contribution in [0.4, 0.5) is 35.1 Å². The van der Waals surface area contributed by atoms with Crippen LogP contribution in [0.1, 0.15) is 0 Å². The standard InChI is InChI=1S/C4H2F8O4S2.2Na/c5-1(6,4(11,12)18(15)16)2(7,17(13)14)3(8,9)10;;/h(H,13,14)(H,15,16);;/q;2*+1/p-2. The van der Waals surface area contributed by atoms with Gasteiger partial charge in [-0.3, -0.25) is 8.42 Å². The third kappa shape index (κ3) is 4.14. The summed E-state index contributed by atoms with van der Waals surface area (Å²) in [6, 6.07) is 0. The van der Waals surface area contributed by atoms with Gasteiger partial charge in [-0.15, -0.1) is 0 Å². The molecule has 0 amide bonds. The minimum atomic E-state index is -7.07. The predicted molar refractivity (Wildman–Crippen MR) is 37.6 cm³/mol. The van der Waals surface area contributed by atoms with Crippen LogP contribution in [0.15, 0.2) is 0 Å². The molecule has 0 N–H and O–H groups in total. The van der Waals surface area contributed by atoms with Crippen molar-refractivity contribution in [3.8, 4) is 0 Å². The van der Waals surface area contributed by atoms with E-state index in [1.165, 1.54) is 0 Å². The third-order valence-corrected chi connectivity index (χ3v) is 3.20. The van der Waals surface area contributed by atoms with Gasteiger partial charge >= 0.3 is 81.5 Å². The molecule has 16 heteroatoms. The second-order valence-corrected chi connectivity index (χ2v) is 4.67. The summed E-state index contributed by atoms with van der Waals surface area (Å²) in [6.45, 7) is 0. The first-order valence-corrected chi connectivity index (χ1v) is 5.49. The smallest absolute Gasteiger partial charge is 0.770 e. The Kier molecular flexibility index (Phi) is 10.6. The molecule has 0 aliphatic heterocycles. The summed E-state index contributed by atoms with van der Waals surface area (Å²) < 4.78 is 137. The van der Waals surface area contributed by atoms with Crippen molar-refractivity contribution in [1.29, 1.82) is 0 Å². The van der Waals surface area contributed by atoms with Crippen LogP contribution in [-0.4, -0.2) is 39.9 Å². The van der Waals surface area contributed by atoms with E-state index >= 15 is 0 Å². The SMILES string of the molecule is O=S([O-])C(F)(F)C(F)(F)C(F)(S(=O)[O-])C(F)(F)F.[Na+].[Na+]. The maximum absolute atomic E-state index is 12.8. The van der Waals surface area contributed by atoms with Crippen molar-refractivity contribution in [3.63, 3.8) is 0 Å². The first-order valence-electron chi connectivity index (χ1n) is 3.34. The van der Waals surface area contributed by atoms with Crippen molar-refractivity contribution in [2.45, 2.75) is 22.4 Å². The van der Waals surface area contributed by atoms with Gasteiger partial charge in [0.25, 0.3) is 0 Å². The molecule has 0 saturated carbocycles. The van der Waals surface area contributed by atoms with Gasteiger partial charge in [-0.1, -0.05) is 0 Å². The zero-order valence-electron chi connectivity index (χ0n) is 9.47. The monoisotopic (exact) mass is 374 g/mol. The van der Waals surface area contributed by atoms with Crippen LogP contribution in [0, 0.1) is 0 Å². The summed E-state index contributed by atoms with van der Waals surface area (Å²) in [6.07, 6.45) is -6.98. The second-order valence-electron chi connectivity index (χ2n) is 2.65. The summed E-state index contributed by atoms with van der Waals surface area (Å²) in [5.41, 5.74) is 0. The van der Waals surface area contributed by atoms with E-state index < -0.39 is 44.5 Å². The summed E-state index contributed by atoms with van der Waals surface area (Å²) in [7, 11) is 0. The molecule has 0 aromatic carbocycles. The summed E-state index contributed by atoms with van der Waals surface area (Å²) >= 11 is -10.6. The average Bonchev–Trinajstić information content (AvgIpc) is 2.13. The molecule has 4 nitrogen and oxygen atoms in total. The van der Waals surface area contributed by atoms with Crippen molar-refractivity contribution < 1.29 is 112 Å². The molecule has 0 fully saturated rings. The van der Waals surface area contributed by atoms with E-state index in [2.05, 4.69) is 0 Å². The van der Waals surface area contributed by atoms with E-state index in [1.54, 1.807) is 0 Å². The van der Waals surface area contributed by atoms with E-state index in [1.807, 2.05) is 0 Å². The van der Waals surface area contributed by atoms with Gasteiger partial charge in [0.15, 0.2) is 0 Å². The Labute approximate surface area is 155 Å². The maximum Gasteiger partial charge on any atom is 1.00 e. The van der Waals surface area contributed by atoms with Gasteiger partial charge in [-0.25, -0.2) is 4.39 Å². The van der Waals surface area contributed by atoms with Crippen LogP contribution in [-0.2, 0) is 22.2 Å². The molecule has 0 aromatic heterocycles. The van der Waals surface area contributed by atoms with E-state index in [0.717, 1.165) is 0 Å². The molecule has 0 aliphatic rings. The summed E-state index contributed by atoms with van der Waals surface area (Å²) in [5, 5.41) is -13.3. The van der Waals surface area contributed by atoms with Crippen LogP contribution < -0.4 is 59.1 Å². The number of rotatable bonds is 4. The fourth-order valence-corrected chi connectivity index (χ4v) is 1.61. The van der Waals surface area contributed by atoms with Crippen molar-refractivity contribution in [2.75, 3.05) is 0 Å². The topological polar surface area (TPSA) is 80.3 Å². The Balaban J connectivity index is -0.00000144. The fourth-order valence-electron chi connectivity index (χ4n) is 0.669. The largest absolute Gasteiger partial charge is 1.00 e. The van der Waals surface area contributed by atoms with E-state index in [-0.39, 0.29) is 59.1 Å². The zero-order valence-corrected chi connectivity index (χ0v) is 15.1. The van der Waals surface area contributed by atoms with E-state index in [0.29, 0.717) is 0 Å². The molecule has 0 saturated heterocycles. The fraction of sp³-hybridized carbons (Fsp3) is 1.00. The minimum absolute atomic E-state index is 0. The van der Waals surface area contributed by atoms with E-state index in [4.69, 9.17) is 0 Å². The number of halogens is 8. The molecule has 3 atom stereocenters. The molecule has 0 radical (unpaired) electrons. The predicted octanol–water partition coefficient (Wildman–Crippen LogP) is -4.79. The van der Waals surface area contributed by atoms with Crippen molar-refractivity contribution >= 4 is 22.2 Å². The average molecular weight is 374 g/mol. The zero-order chi connectivity index (χ0) is 15.2. The molecule has 0 heterocycles. The molecule has 110 valence electrons. The Hall–Kier alpha value is 1.66. The summed E-state index contributed by atoms with van der Waals surface area (Å²) in [5.74, 6) is -7.07. The van der Waals surface area contributed by atoms with Gasteiger partial charge in [0.1, 0.15) is 0 Å². The molecule has 0 spiro atoms. The van der Waals surface area contributed by atoms with Crippen molar-refractivity contribution in [1.82, 2.24) is 0 Å². The molecule has 3 unspecified atom stereocenters. The van der Waals surface area contributed by atoms with Gasteiger partial charge in [0, 0.05) is 11.1 Å². The van der Waals surface area contributed by atoms with Gasteiger partial charge in [-0.05, 0) is 11.1 Å². The molecule has 0 bridgehead atoms. The van der Waals surface area contributed by atoms with E-state index in [9.17, 15) is 52.6 Å². The van der Waals surface area contributed by atoms with Crippen LogP contribution in [0.5, 0.6) is 0 Å². The second kappa shape index (κ2) is 7.97. The normalized spacial score (nSPS) is 19.1. The number of hydrogen-bond acceptors (Lipinski definition) is 4. The van der Waals surface area contributed by atoms with Crippen LogP contribution in [0.3, 0.4) is 0 Å². The van der Waals surface area contributed by atoms with Crippen LogP contribution in [0.2, 0.25) is 0 Å². The molecule has 0 rings (SSSR count). The van der Waals surface area contributed by atoms with Crippen LogP contribution in [0.25, 0.3) is 0 Å². The third-order valence-electron chi connectivity index (χ3n) is 1.57. The van der Waals surface area contributed by atoms with Crippen molar-refractivity contribution in [3.05, 3.63) is 0 Å². The Morgan fingerprint density at radius 3 is 1.15 bits per heavy atom. The number of alkyl halides is 8. The van der Waals surface area contributed by atoms with Gasteiger partial charge in [-0.2, -0.15) is 30.7 Å². The maximum atomic E-state index is 12.8. The first-order chi connectivity index (χ1) is 7.64. The Morgan fingerprint density at radius 1 is 0.700 bits per heavy atom. The molecule has 0 aromatic rings. The molecule has 20 heavy (non-hydrogen) atoms. The van der Waals surface area contributed by atoms with Gasteiger partial charge < -0.3 is 9.11 Å². The van der Waals surface area contributed by atoms with Gasteiger partial charge in [0.2, 0.25) is 0 Å². The number of hydrogen-bond donors (Lipinski definition) is 0. The first kappa shape index (κ1) is 26.6. The molecule has 0 aliphatic carbocycles. The summed E-state index contributed by atoms with van der Waals surface area (Å²) in [4.78, 5) is 0. The molecular formula is C4F8Na2O4S2. The van der Waals surface area contributed by atoms with Crippen molar-refractivity contribution in [2.24, 2.45) is 0 Å². The Bertz CT molecular complexity index is 389.